The SMILES string of the molecule is CCNC(=NCC(CC)(CC)CCO)NCCS(C)(=O)=O.I. The molecule has 0 atom stereocenters. The predicted molar refractivity (Wildman–Crippen MR) is 104 cm³/mol. The van der Waals surface area contributed by atoms with Crippen molar-refractivity contribution >= 4 is 39.8 Å². The molecule has 0 aliphatic carbocycles. The Morgan fingerprint density at radius 3 is 2.18 bits per heavy atom. The molecule has 6 nitrogen and oxygen atoms in total. The van der Waals surface area contributed by atoms with Gasteiger partial charge >= 0.3 is 0 Å². The highest BCUT2D eigenvalue weighted by Crippen LogP contribution is 2.30. The van der Waals surface area contributed by atoms with Crippen LogP contribution in [0.3, 0.4) is 0 Å². The lowest BCUT2D eigenvalue weighted by Gasteiger charge is -2.29. The molecule has 0 amide bonds. The van der Waals surface area contributed by atoms with Crippen molar-refractivity contribution in [3.63, 3.8) is 0 Å². The van der Waals surface area contributed by atoms with Gasteiger partial charge < -0.3 is 15.7 Å². The summed E-state index contributed by atoms with van der Waals surface area (Å²) in [5.41, 5.74) is 0.00787. The van der Waals surface area contributed by atoms with Crippen LogP contribution in [0.4, 0.5) is 0 Å². The van der Waals surface area contributed by atoms with Crippen molar-refractivity contribution in [1.29, 1.82) is 0 Å². The average Bonchev–Trinajstić information content (AvgIpc) is 2.42. The van der Waals surface area contributed by atoms with Gasteiger partial charge in [0.2, 0.25) is 0 Å². The number of aliphatic imine (C=N–C) groups is 1. The van der Waals surface area contributed by atoms with Gasteiger partial charge in [-0.15, -0.1) is 24.0 Å². The van der Waals surface area contributed by atoms with Crippen LogP contribution in [0.15, 0.2) is 4.99 Å². The minimum atomic E-state index is -2.97. The molecular formula is C14H32IN3O3S. The molecule has 22 heavy (non-hydrogen) atoms. The molecule has 0 aromatic heterocycles. The Kier molecular flexibility index (Phi) is 13.6. The second-order valence-electron chi connectivity index (χ2n) is 5.43. The van der Waals surface area contributed by atoms with E-state index in [1.807, 2.05) is 6.92 Å². The van der Waals surface area contributed by atoms with Crippen molar-refractivity contribution in [3.05, 3.63) is 0 Å². The third-order valence-electron chi connectivity index (χ3n) is 3.82. The quantitative estimate of drug-likeness (QED) is 0.267. The summed E-state index contributed by atoms with van der Waals surface area (Å²) in [7, 11) is -2.97. The van der Waals surface area contributed by atoms with Gasteiger partial charge in [0.15, 0.2) is 5.96 Å². The van der Waals surface area contributed by atoms with Crippen LogP contribution in [-0.2, 0) is 9.84 Å². The van der Waals surface area contributed by atoms with Crippen molar-refractivity contribution in [2.75, 3.05) is 38.2 Å². The molecule has 0 bridgehead atoms. The first kappa shape index (κ1) is 24.2. The van der Waals surface area contributed by atoms with Crippen LogP contribution in [-0.4, -0.2) is 57.7 Å². The van der Waals surface area contributed by atoms with E-state index < -0.39 is 9.84 Å². The minimum absolute atomic E-state index is 0. The third-order valence-corrected chi connectivity index (χ3v) is 4.77. The largest absolute Gasteiger partial charge is 0.396 e. The summed E-state index contributed by atoms with van der Waals surface area (Å²) in [5, 5.41) is 15.4. The monoisotopic (exact) mass is 449 g/mol. The van der Waals surface area contributed by atoms with Crippen LogP contribution in [0.5, 0.6) is 0 Å². The minimum Gasteiger partial charge on any atom is -0.396 e. The molecule has 0 fully saturated rings. The number of rotatable bonds is 10. The number of halogens is 1. The van der Waals surface area contributed by atoms with E-state index in [1.54, 1.807) is 0 Å². The number of sulfone groups is 1. The van der Waals surface area contributed by atoms with Crippen LogP contribution >= 0.6 is 24.0 Å². The summed E-state index contributed by atoms with van der Waals surface area (Å²) in [6.07, 6.45) is 3.86. The Morgan fingerprint density at radius 1 is 1.18 bits per heavy atom. The van der Waals surface area contributed by atoms with E-state index in [4.69, 9.17) is 0 Å². The van der Waals surface area contributed by atoms with E-state index in [2.05, 4.69) is 29.5 Å². The van der Waals surface area contributed by atoms with Crippen LogP contribution in [0.2, 0.25) is 0 Å². The van der Waals surface area contributed by atoms with Gasteiger partial charge in [-0.2, -0.15) is 0 Å². The molecule has 8 heteroatoms. The lowest BCUT2D eigenvalue weighted by molar-refractivity contribution is 0.175. The smallest absolute Gasteiger partial charge is 0.191 e. The zero-order valence-corrected chi connectivity index (χ0v) is 17.3. The molecule has 0 aliphatic rings. The maximum atomic E-state index is 11.1. The molecule has 0 spiro atoms. The first-order valence-corrected chi connectivity index (χ1v) is 9.69. The molecule has 0 aromatic carbocycles. The molecule has 0 unspecified atom stereocenters. The second-order valence-corrected chi connectivity index (χ2v) is 7.69. The zero-order chi connectivity index (χ0) is 16.4. The van der Waals surface area contributed by atoms with Gasteiger partial charge in [0, 0.05) is 32.5 Å². The first-order chi connectivity index (χ1) is 9.82. The Balaban J connectivity index is 0. The van der Waals surface area contributed by atoms with Gasteiger partial charge in [0.1, 0.15) is 9.84 Å². The molecule has 0 radical (unpaired) electrons. The van der Waals surface area contributed by atoms with Gasteiger partial charge in [-0.3, -0.25) is 4.99 Å². The van der Waals surface area contributed by atoms with Crippen molar-refractivity contribution in [2.24, 2.45) is 10.4 Å². The van der Waals surface area contributed by atoms with Crippen molar-refractivity contribution in [3.8, 4) is 0 Å². The number of nitrogens with one attached hydrogen (secondary N) is 2. The van der Waals surface area contributed by atoms with Gasteiger partial charge in [-0.05, 0) is 31.6 Å². The molecule has 0 saturated heterocycles. The van der Waals surface area contributed by atoms with Gasteiger partial charge in [0.05, 0.1) is 5.75 Å². The van der Waals surface area contributed by atoms with Gasteiger partial charge in [0.25, 0.3) is 0 Å². The number of hydrogen-bond donors (Lipinski definition) is 3. The van der Waals surface area contributed by atoms with E-state index in [1.165, 1.54) is 6.26 Å². The van der Waals surface area contributed by atoms with E-state index in [0.717, 1.165) is 25.8 Å². The van der Waals surface area contributed by atoms with Crippen LogP contribution in [0, 0.1) is 5.41 Å². The number of guanidine groups is 1. The molecular weight excluding hydrogens is 417 g/mol. The van der Waals surface area contributed by atoms with Gasteiger partial charge in [-0.25, -0.2) is 8.42 Å². The fraction of sp³-hybridized carbons (Fsp3) is 0.929. The highest BCUT2D eigenvalue weighted by molar-refractivity contribution is 14.0. The predicted octanol–water partition coefficient (Wildman–Crippen LogP) is 1.39. The summed E-state index contributed by atoms with van der Waals surface area (Å²) >= 11 is 0. The maximum absolute atomic E-state index is 11.1. The van der Waals surface area contributed by atoms with E-state index in [-0.39, 0.29) is 41.8 Å². The average molecular weight is 449 g/mol. The molecule has 134 valence electrons. The fourth-order valence-corrected chi connectivity index (χ4v) is 2.56. The summed E-state index contributed by atoms with van der Waals surface area (Å²) in [6, 6.07) is 0. The van der Waals surface area contributed by atoms with Crippen LogP contribution < -0.4 is 10.6 Å². The number of aliphatic hydroxyl groups is 1. The summed E-state index contributed by atoms with van der Waals surface area (Å²) < 4.78 is 22.3. The van der Waals surface area contributed by atoms with Crippen LogP contribution in [0.1, 0.15) is 40.0 Å². The Hall–Kier alpha value is -0.0900. The highest BCUT2D eigenvalue weighted by Gasteiger charge is 2.25. The topological polar surface area (TPSA) is 90.8 Å². The summed E-state index contributed by atoms with van der Waals surface area (Å²) in [5.74, 6) is 0.714. The molecule has 0 saturated carbocycles. The van der Waals surface area contributed by atoms with Crippen LogP contribution in [0.25, 0.3) is 0 Å². The standard InChI is InChI=1S/C14H31N3O3S.HI/c1-5-14(6-2,8-10-18)12-17-13(15-7-3)16-9-11-21(4,19)20;/h18H,5-12H2,1-4H3,(H2,15,16,17);1H. The van der Waals surface area contributed by atoms with Crippen molar-refractivity contribution < 1.29 is 13.5 Å². The van der Waals surface area contributed by atoms with E-state index >= 15 is 0 Å². The number of aliphatic hydroxyl groups excluding tert-OH is 1. The number of hydrogen-bond acceptors (Lipinski definition) is 4. The Morgan fingerprint density at radius 2 is 1.77 bits per heavy atom. The molecule has 0 aromatic rings. The fourth-order valence-electron chi connectivity index (χ4n) is 2.09. The third kappa shape index (κ3) is 10.6. The second kappa shape index (κ2) is 12.3. The Bertz CT molecular complexity index is 410. The highest BCUT2D eigenvalue weighted by atomic mass is 127. The van der Waals surface area contributed by atoms with Crippen molar-refractivity contribution in [2.45, 2.75) is 40.0 Å². The maximum Gasteiger partial charge on any atom is 0.191 e. The lowest BCUT2D eigenvalue weighted by atomic mass is 9.79. The van der Waals surface area contributed by atoms with Gasteiger partial charge in [-0.1, -0.05) is 13.8 Å². The summed E-state index contributed by atoms with van der Waals surface area (Å²) in [6.45, 7) is 8.03. The normalized spacial score (nSPS) is 12.7. The zero-order valence-electron chi connectivity index (χ0n) is 14.2. The van der Waals surface area contributed by atoms with E-state index in [0.29, 0.717) is 19.0 Å². The van der Waals surface area contributed by atoms with Crippen molar-refractivity contribution in [1.82, 2.24) is 10.6 Å². The summed E-state index contributed by atoms with van der Waals surface area (Å²) in [4.78, 5) is 4.55. The first-order valence-electron chi connectivity index (χ1n) is 7.63. The molecule has 0 aliphatic heterocycles. The lowest BCUT2D eigenvalue weighted by Crippen LogP contribution is -2.40. The molecule has 0 rings (SSSR count). The molecule has 3 N–H and O–H groups in total. The Labute approximate surface area is 152 Å². The number of nitrogens with zero attached hydrogens (tertiary/aromatic N) is 1. The van der Waals surface area contributed by atoms with E-state index in [9.17, 15) is 13.5 Å². The molecule has 0 heterocycles.